The van der Waals surface area contributed by atoms with Gasteiger partial charge < -0.3 is 26.0 Å². The first-order valence-corrected chi connectivity index (χ1v) is 11.2. The molecule has 168 valence electrons. The minimum Gasteiger partial charge on any atom is -0.368 e. The lowest BCUT2D eigenvalue weighted by molar-refractivity contribution is -0.148. The van der Waals surface area contributed by atoms with Crippen LogP contribution in [-0.4, -0.2) is 60.6 Å². The molecule has 3 aliphatic rings. The zero-order valence-corrected chi connectivity index (χ0v) is 18.2. The van der Waals surface area contributed by atoms with Crippen molar-refractivity contribution in [2.75, 3.05) is 13.7 Å². The Labute approximate surface area is 182 Å². The third-order valence-electron chi connectivity index (χ3n) is 7.18. The largest absolute Gasteiger partial charge is 0.368 e. The highest BCUT2D eigenvalue weighted by atomic mass is 16.5. The standard InChI is InChI=1S/C23H32N4O4/c1-13(25-2)22(29)26-18-9-10-31-19-12-17(20(21(24)28)27(19)23(18)30)16-8-7-14-5-3-4-6-15(14)11-16/h3-6,13,16-20,25H,7-12H2,1-2H3,(H2,24,28)(H,26,29)/t13-,16?,17?,18?,19-,20?/m0/s1. The number of ether oxygens (including phenoxy) is 1. The number of aryl methyl sites for hydroxylation is 1. The summed E-state index contributed by atoms with van der Waals surface area (Å²) in [7, 11) is 1.69. The number of primary amides is 1. The van der Waals surface area contributed by atoms with E-state index in [0.29, 0.717) is 19.4 Å². The molecule has 4 N–H and O–H groups in total. The Hall–Kier alpha value is -2.45. The number of likely N-dealkylation sites (N-methyl/N-ethyl adjacent to an activating group) is 1. The molecule has 1 aromatic carbocycles. The lowest BCUT2D eigenvalue weighted by Crippen LogP contribution is -2.57. The predicted octanol–water partition coefficient (Wildman–Crippen LogP) is 0.333. The Morgan fingerprint density at radius 3 is 2.68 bits per heavy atom. The van der Waals surface area contributed by atoms with Crippen molar-refractivity contribution in [3.05, 3.63) is 35.4 Å². The normalized spacial score (nSPS) is 31.4. The quantitative estimate of drug-likeness (QED) is 0.626. The fourth-order valence-electron chi connectivity index (χ4n) is 5.36. The molecule has 0 aromatic heterocycles. The molecule has 2 saturated heterocycles. The van der Waals surface area contributed by atoms with Gasteiger partial charge in [-0.15, -0.1) is 0 Å². The van der Waals surface area contributed by atoms with Crippen LogP contribution in [-0.2, 0) is 32.0 Å². The van der Waals surface area contributed by atoms with Crippen molar-refractivity contribution >= 4 is 17.7 Å². The van der Waals surface area contributed by atoms with Crippen LogP contribution in [0.5, 0.6) is 0 Å². The number of amides is 3. The van der Waals surface area contributed by atoms with E-state index in [-0.39, 0.29) is 23.7 Å². The molecule has 4 unspecified atom stereocenters. The smallest absolute Gasteiger partial charge is 0.247 e. The van der Waals surface area contributed by atoms with Crippen molar-refractivity contribution in [2.24, 2.45) is 17.6 Å². The SMILES string of the molecule is CN[C@@H](C)C(=O)NC1CCO[C@H]2CC(C3CCc4ccccc4C3)C(C(N)=O)N2C1=O. The van der Waals surface area contributed by atoms with E-state index in [1.165, 1.54) is 16.0 Å². The molecule has 0 saturated carbocycles. The first-order valence-electron chi connectivity index (χ1n) is 11.2. The Balaban J connectivity index is 1.55. The van der Waals surface area contributed by atoms with Crippen LogP contribution in [0, 0.1) is 11.8 Å². The van der Waals surface area contributed by atoms with Crippen molar-refractivity contribution in [1.29, 1.82) is 0 Å². The molecular formula is C23H32N4O4. The van der Waals surface area contributed by atoms with Gasteiger partial charge in [0.25, 0.3) is 0 Å². The molecule has 0 spiro atoms. The molecule has 1 aromatic rings. The molecule has 6 atom stereocenters. The Kier molecular flexibility index (Phi) is 6.29. The number of hydrogen-bond acceptors (Lipinski definition) is 5. The zero-order valence-electron chi connectivity index (χ0n) is 18.2. The van der Waals surface area contributed by atoms with Gasteiger partial charge in [-0.1, -0.05) is 24.3 Å². The maximum atomic E-state index is 13.4. The molecule has 0 radical (unpaired) electrons. The van der Waals surface area contributed by atoms with Crippen LogP contribution < -0.4 is 16.4 Å². The number of benzene rings is 1. The van der Waals surface area contributed by atoms with Gasteiger partial charge in [-0.3, -0.25) is 14.4 Å². The highest BCUT2D eigenvalue weighted by Gasteiger charge is 2.52. The topological polar surface area (TPSA) is 114 Å². The first-order chi connectivity index (χ1) is 14.9. The summed E-state index contributed by atoms with van der Waals surface area (Å²) in [6.07, 6.45) is 3.29. The summed E-state index contributed by atoms with van der Waals surface area (Å²) in [5, 5.41) is 5.69. The lowest BCUT2D eigenvalue weighted by Gasteiger charge is -2.34. The van der Waals surface area contributed by atoms with Crippen LogP contribution in [0.3, 0.4) is 0 Å². The van der Waals surface area contributed by atoms with E-state index in [1.807, 2.05) is 6.07 Å². The van der Waals surface area contributed by atoms with Crippen LogP contribution in [0.2, 0.25) is 0 Å². The third-order valence-corrected chi connectivity index (χ3v) is 7.18. The molecule has 8 heteroatoms. The summed E-state index contributed by atoms with van der Waals surface area (Å²) in [5.41, 5.74) is 8.51. The summed E-state index contributed by atoms with van der Waals surface area (Å²) < 4.78 is 6.00. The number of nitrogens with two attached hydrogens (primary N) is 1. The van der Waals surface area contributed by atoms with Gasteiger partial charge in [-0.2, -0.15) is 0 Å². The average Bonchev–Trinajstić information content (AvgIpc) is 3.09. The van der Waals surface area contributed by atoms with Crippen LogP contribution in [0.25, 0.3) is 0 Å². The van der Waals surface area contributed by atoms with E-state index in [1.54, 1.807) is 14.0 Å². The summed E-state index contributed by atoms with van der Waals surface area (Å²) >= 11 is 0. The van der Waals surface area contributed by atoms with Crippen LogP contribution >= 0.6 is 0 Å². The molecule has 8 nitrogen and oxygen atoms in total. The number of rotatable bonds is 5. The monoisotopic (exact) mass is 428 g/mol. The summed E-state index contributed by atoms with van der Waals surface area (Å²) in [5.74, 6) is -0.825. The molecular weight excluding hydrogens is 396 g/mol. The van der Waals surface area contributed by atoms with E-state index in [0.717, 1.165) is 19.3 Å². The van der Waals surface area contributed by atoms with Crippen molar-refractivity contribution < 1.29 is 19.1 Å². The number of nitrogens with zero attached hydrogens (tertiary/aromatic N) is 1. The van der Waals surface area contributed by atoms with Gasteiger partial charge in [0.15, 0.2) is 0 Å². The summed E-state index contributed by atoms with van der Waals surface area (Å²) in [6, 6.07) is 6.54. The van der Waals surface area contributed by atoms with Crippen molar-refractivity contribution in [3.8, 4) is 0 Å². The summed E-state index contributed by atoms with van der Waals surface area (Å²) in [4.78, 5) is 39.9. The second-order valence-electron chi connectivity index (χ2n) is 8.95. The fraction of sp³-hybridized carbons (Fsp3) is 0.609. The van der Waals surface area contributed by atoms with Crippen LogP contribution in [0.1, 0.15) is 37.3 Å². The molecule has 31 heavy (non-hydrogen) atoms. The molecule has 1 aliphatic carbocycles. The van der Waals surface area contributed by atoms with Gasteiger partial charge in [0.05, 0.1) is 12.6 Å². The Morgan fingerprint density at radius 1 is 1.23 bits per heavy atom. The number of nitrogens with one attached hydrogen (secondary N) is 2. The minimum atomic E-state index is -0.721. The van der Waals surface area contributed by atoms with Gasteiger partial charge in [0.1, 0.15) is 18.3 Å². The van der Waals surface area contributed by atoms with Gasteiger partial charge in [0, 0.05) is 6.42 Å². The van der Waals surface area contributed by atoms with E-state index in [2.05, 4.69) is 28.8 Å². The average molecular weight is 429 g/mol. The molecule has 0 bridgehead atoms. The highest BCUT2D eigenvalue weighted by Crippen LogP contribution is 2.42. The molecule has 2 aliphatic heterocycles. The van der Waals surface area contributed by atoms with E-state index >= 15 is 0 Å². The fourth-order valence-corrected chi connectivity index (χ4v) is 5.36. The molecule has 2 heterocycles. The maximum Gasteiger partial charge on any atom is 0.247 e. The second kappa shape index (κ2) is 8.96. The number of fused-ring (bicyclic) bond motifs is 2. The highest BCUT2D eigenvalue weighted by molar-refractivity contribution is 5.93. The third kappa shape index (κ3) is 4.19. The number of carbonyl (C=O) groups is 3. The van der Waals surface area contributed by atoms with Gasteiger partial charge in [-0.25, -0.2) is 0 Å². The lowest BCUT2D eigenvalue weighted by atomic mass is 9.74. The maximum absolute atomic E-state index is 13.4. The van der Waals surface area contributed by atoms with Crippen molar-refractivity contribution in [1.82, 2.24) is 15.5 Å². The van der Waals surface area contributed by atoms with Crippen LogP contribution in [0.4, 0.5) is 0 Å². The van der Waals surface area contributed by atoms with Crippen LogP contribution in [0.15, 0.2) is 24.3 Å². The zero-order chi connectivity index (χ0) is 22.1. The first kappa shape index (κ1) is 21.8. The van der Waals surface area contributed by atoms with Crippen molar-refractivity contribution in [3.63, 3.8) is 0 Å². The number of carbonyl (C=O) groups excluding carboxylic acids is 3. The van der Waals surface area contributed by atoms with Gasteiger partial charge >= 0.3 is 0 Å². The van der Waals surface area contributed by atoms with Gasteiger partial charge in [-0.05, 0) is 62.6 Å². The summed E-state index contributed by atoms with van der Waals surface area (Å²) in [6.45, 7) is 2.08. The number of hydrogen-bond donors (Lipinski definition) is 3. The van der Waals surface area contributed by atoms with Gasteiger partial charge in [0.2, 0.25) is 17.7 Å². The Bertz CT molecular complexity index is 860. The predicted molar refractivity (Wildman–Crippen MR) is 115 cm³/mol. The molecule has 4 rings (SSSR count). The second-order valence-corrected chi connectivity index (χ2v) is 8.95. The van der Waals surface area contributed by atoms with E-state index < -0.39 is 30.3 Å². The Morgan fingerprint density at radius 2 is 1.97 bits per heavy atom. The minimum absolute atomic E-state index is 0.0505. The molecule has 3 amide bonds. The van der Waals surface area contributed by atoms with E-state index in [4.69, 9.17) is 10.5 Å². The van der Waals surface area contributed by atoms with E-state index in [9.17, 15) is 14.4 Å². The molecule has 2 fully saturated rings. The van der Waals surface area contributed by atoms with Crippen molar-refractivity contribution in [2.45, 2.75) is 63.4 Å².